The Bertz CT molecular complexity index is 713. The van der Waals surface area contributed by atoms with Crippen LogP contribution in [0.25, 0.3) is 11.6 Å². The summed E-state index contributed by atoms with van der Waals surface area (Å²) in [5.74, 6) is 0.504. The Labute approximate surface area is 148 Å². The smallest absolute Gasteiger partial charge is 0.148 e. The number of nitrogens with zero attached hydrogens (tertiary/aromatic N) is 3. The molecule has 1 fully saturated rings. The van der Waals surface area contributed by atoms with Gasteiger partial charge in [0.1, 0.15) is 11.6 Å². The molecule has 1 aliphatic rings. The van der Waals surface area contributed by atoms with Gasteiger partial charge in [0.05, 0.1) is 31.3 Å². The highest BCUT2D eigenvalue weighted by Gasteiger charge is 2.14. The maximum Gasteiger partial charge on any atom is 0.148 e. The third-order valence-electron chi connectivity index (χ3n) is 3.85. The van der Waals surface area contributed by atoms with Gasteiger partial charge in [0, 0.05) is 36.1 Å². The zero-order valence-electron chi connectivity index (χ0n) is 15.1. The van der Waals surface area contributed by atoms with E-state index in [2.05, 4.69) is 26.4 Å². The van der Waals surface area contributed by atoms with Crippen molar-refractivity contribution in [2.45, 2.75) is 20.8 Å². The van der Waals surface area contributed by atoms with Crippen molar-refractivity contribution in [2.75, 3.05) is 31.2 Å². The van der Waals surface area contributed by atoms with Crippen LogP contribution in [0.1, 0.15) is 30.8 Å². The van der Waals surface area contributed by atoms with E-state index in [1.54, 1.807) is 24.5 Å². The molecule has 0 amide bonds. The van der Waals surface area contributed by atoms with Crippen molar-refractivity contribution < 1.29 is 9.13 Å². The summed E-state index contributed by atoms with van der Waals surface area (Å²) in [6.45, 7) is 12.6. The number of aromatic amines is 1. The minimum atomic E-state index is -0.292. The summed E-state index contributed by atoms with van der Waals surface area (Å²) in [6, 6.07) is 0. The fourth-order valence-corrected chi connectivity index (χ4v) is 2.52. The molecule has 1 aliphatic heterocycles. The summed E-state index contributed by atoms with van der Waals surface area (Å²) in [4.78, 5) is 13.9. The van der Waals surface area contributed by atoms with Crippen LogP contribution in [-0.2, 0) is 4.74 Å². The first-order chi connectivity index (χ1) is 12.2. The van der Waals surface area contributed by atoms with Gasteiger partial charge in [-0.1, -0.05) is 26.5 Å². The first kappa shape index (κ1) is 18.9. The van der Waals surface area contributed by atoms with Gasteiger partial charge in [0.15, 0.2) is 0 Å². The second kappa shape index (κ2) is 9.13. The molecule has 25 heavy (non-hydrogen) atoms. The van der Waals surface area contributed by atoms with Crippen LogP contribution in [0, 0.1) is 12.7 Å². The molecule has 6 heteroatoms. The highest BCUT2D eigenvalue weighted by atomic mass is 19.1. The van der Waals surface area contributed by atoms with Gasteiger partial charge >= 0.3 is 0 Å². The fraction of sp³-hybridized carbons (Fsp3) is 0.368. The Balaban J connectivity index is 0.00000109. The lowest BCUT2D eigenvalue weighted by Crippen LogP contribution is -2.36. The van der Waals surface area contributed by atoms with Crippen LogP contribution in [0.15, 0.2) is 31.2 Å². The van der Waals surface area contributed by atoms with Crippen LogP contribution < -0.4 is 4.90 Å². The summed E-state index contributed by atoms with van der Waals surface area (Å²) in [7, 11) is 0. The van der Waals surface area contributed by atoms with Gasteiger partial charge in [0.25, 0.3) is 0 Å². The summed E-state index contributed by atoms with van der Waals surface area (Å²) >= 11 is 0. The summed E-state index contributed by atoms with van der Waals surface area (Å²) in [5.41, 5.74) is 2.68. The summed E-state index contributed by atoms with van der Waals surface area (Å²) in [6.07, 6.45) is 8.15. The maximum atomic E-state index is 13.8. The van der Waals surface area contributed by atoms with Gasteiger partial charge in [-0.05, 0) is 13.0 Å². The van der Waals surface area contributed by atoms with Gasteiger partial charge in [-0.25, -0.2) is 9.37 Å². The van der Waals surface area contributed by atoms with Crippen LogP contribution in [0.4, 0.5) is 10.2 Å². The lowest BCUT2D eigenvalue weighted by atomic mass is 10.1. The number of aromatic nitrogens is 3. The van der Waals surface area contributed by atoms with E-state index in [0.717, 1.165) is 30.2 Å². The fourth-order valence-electron chi connectivity index (χ4n) is 2.52. The van der Waals surface area contributed by atoms with Gasteiger partial charge in [-0.2, -0.15) is 0 Å². The van der Waals surface area contributed by atoms with Crippen molar-refractivity contribution >= 4 is 17.5 Å². The molecule has 2 aromatic heterocycles. The molecule has 1 N–H and O–H groups in total. The minimum absolute atomic E-state index is 0.292. The van der Waals surface area contributed by atoms with E-state index in [0.29, 0.717) is 24.5 Å². The monoisotopic (exact) mass is 344 g/mol. The molecule has 3 rings (SSSR count). The molecule has 2 aromatic rings. The predicted molar refractivity (Wildman–Crippen MR) is 100.0 cm³/mol. The number of nitrogens with one attached hydrogen (secondary N) is 1. The third-order valence-corrected chi connectivity index (χ3v) is 3.85. The summed E-state index contributed by atoms with van der Waals surface area (Å²) in [5, 5.41) is 0. The molecule has 0 atom stereocenters. The second-order valence-electron chi connectivity index (χ2n) is 5.34. The zero-order valence-corrected chi connectivity index (χ0v) is 15.1. The van der Waals surface area contributed by atoms with E-state index in [4.69, 9.17) is 4.74 Å². The number of anilines is 1. The normalized spacial score (nSPS) is 14.7. The van der Waals surface area contributed by atoms with E-state index in [1.807, 2.05) is 20.8 Å². The third kappa shape index (κ3) is 4.54. The highest BCUT2D eigenvalue weighted by Crippen LogP contribution is 2.23. The number of allylic oxidation sites excluding steroid dienone is 2. The molecule has 0 saturated carbocycles. The number of halogens is 1. The average molecular weight is 344 g/mol. The molecule has 1 saturated heterocycles. The van der Waals surface area contributed by atoms with Gasteiger partial charge < -0.3 is 14.6 Å². The van der Waals surface area contributed by atoms with Crippen molar-refractivity contribution in [3.05, 3.63) is 54.0 Å². The van der Waals surface area contributed by atoms with Crippen LogP contribution in [-0.4, -0.2) is 41.3 Å². The number of H-pyrrole nitrogens is 1. The van der Waals surface area contributed by atoms with Crippen LogP contribution in [0.5, 0.6) is 0 Å². The largest absolute Gasteiger partial charge is 0.378 e. The van der Waals surface area contributed by atoms with Crippen molar-refractivity contribution in [1.82, 2.24) is 15.0 Å². The first-order valence-electron chi connectivity index (χ1n) is 8.51. The van der Waals surface area contributed by atoms with E-state index in [1.165, 1.54) is 6.20 Å². The number of morpholine rings is 1. The van der Waals surface area contributed by atoms with Crippen molar-refractivity contribution in [2.24, 2.45) is 0 Å². The van der Waals surface area contributed by atoms with Crippen molar-refractivity contribution in [1.29, 1.82) is 0 Å². The molecule has 134 valence electrons. The van der Waals surface area contributed by atoms with Gasteiger partial charge in [-0.15, -0.1) is 0 Å². The SMILES string of the molecule is C=C/C(=C\c1c(F)c[nH]c1C)c1cncc(N2CCOCC2)n1.CC. The van der Waals surface area contributed by atoms with E-state index in [-0.39, 0.29) is 5.82 Å². The minimum Gasteiger partial charge on any atom is -0.378 e. The quantitative estimate of drug-likeness (QED) is 0.856. The Hall–Kier alpha value is -2.47. The summed E-state index contributed by atoms with van der Waals surface area (Å²) < 4.78 is 19.2. The van der Waals surface area contributed by atoms with Crippen molar-refractivity contribution in [3.8, 4) is 0 Å². The Morgan fingerprint density at radius 1 is 1.32 bits per heavy atom. The molecule has 0 spiro atoms. The first-order valence-corrected chi connectivity index (χ1v) is 8.51. The van der Waals surface area contributed by atoms with Gasteiger partial charge in [0.2, 0.25) is 0 Å². The van der Waals surface area contributed by atoms with Crippen LogP contribution in [0.2, 0.25) is 0 Å². The van der Waals surface area contributed by atoms with E-state index >= 15 is 0 Å². The lowest BCUT2D eigenvalue weighted by molar-refractivity contribution is 0.122. The molecule has 0 aromatic carbocycles. The van der Waals surface area contributed by atoms with Crippen molar-refractivity contribution in [3.63, 3.8) is 0 Å². The molecular formula is C19H25FN4O. The second-order valence-corrected chi connectivity index (χ2v) is 5.34. The Morgan fingerprint density at radius 2 is 2.04 bits per heavy atom. The Kier molecular flexibility index (Phi) is 6.89. The molecule has 3 heterocycles. The molecule has 0 aliphatic carbocycles. The maximum absolute atomic E-state index is 13.8. The number of hydrogen-bond donors (Lipinski definition) is 1. The molecular weight excluding hydrogens is 319 g/mol. The topological polar surface area (TPSA) is 54.0 Å². The predicted octanol–water partition coefficient (Wildman–Crippen LogP) is 3.84. The molecule has 5 nitrogen and oxygen atoms in total. The number of aryl methyl sites for hydroxylation is 1. The van der Waals surface area contributed by atoms with Gasteiger partial charge in [-0.3, -0.25) is 4.98 Å². The number of ether oxygens (including phenoxy) is 1. The average Bonchev–Trinajstić information content (AvgIpc) is 3.00. The van der Waals surface area contributed by atoms with Crippen LogP contribution in [0.3, 0.4) is 0 Å². The van der Waals surface area contributed by atoms with E-state index < -0.39 is 0 Å². The lowest BCUT2D eigenvalue weighted by Gasteiger charge is -2.27. The number of hydrogen-bond acceptors (Lipinski definition) is 4. The molecule has 0 radical (unpaired) electrons. The zero-order chi connectivity index (χ0) is 18.2. The van der Waals surface area contributed by atoms with Crippen LogP contribution >= 0.6 is 0 Å². The molecule has 0 unspecified atom stereocenters. The standard InChI is InChI=1S/C17H19FN4O.C2H6/c1-3-13(8-14-12(2)20-9-15(14)18)16-10-19-11-17(21-16)22-4-6-23-7-5-22;1-2/h3,8-11,20H,1,4-7H2,2H3;1-2H3/b13-8+;. The Morgan fingerprint density at radius 3 is 2.64 bits per heavy atom. The highest BCUT2D eigenvalue weighted by molar-refractivity contribution is 5.86. The van der Waals surface area contributed by atoms with E-state index in [9.17, 15) is 4.39 Å². The number of rotatable bonds is 4. The molecule has 0 bridgehead atoms.